The summed E-state index contributed by atoms with van der Waals surface area (Å²) in [7, 11) is 11.4. The number of methoxy groups -OCH3 is 1. The molecule has 14 atom stereocenters. The summed E-state index contributed by atoms with van der Waals surface area (Å²) >= 11 is 0. The van der Waals surface area contributed by atoms with Gasteiger partial charge in [-0.05, 0) is 94.8 Å². The Balaban J connectivity index is 4.45. The van der Waals surface area contributed by atoms with E-state index in [1.807, 2.05) is 41.5 Å². The molecule has 504 valence electrons. The van der Waals surface area contributed by atoms with Gasteiger partial charge in [0.05, 0.1) is 12.7 Å². The highest BCUT2D eigenvalue weighted by atomic mass is 16.5. The van der Waals surface area contributed by atoms with Gasteiger partial charge in [0.1, 0.15) is 66.5 Å². The number of aliphatic hydroxyl groups is 1. The third kappa shape index (κ3) is 21.2. The van der Waals surface area contributed by atoms with Gasteiger partial charge in [0.2, 0.25) is 65.0 Å². The maximum Gasteiger partial charge on any atom is 0.246 e. The quantitative estimate of drug-likeness (QED) is 0.131. The van der Waals surface area contributed by atoms with E-state index >= 15 is 9.59 Å². The number of aliphatic hydroxyl groups excluding tert-OH is 1. The third-order valence-electron chi connectivity index (χ3n) is 17.0. The average Bonchev–Trinajstić information content (AvgIpc) is 3.25. The van der Waals surface area contributed by atoms with Crippen LogP contribution in [0, 0.1) is 41.4 Å². The number of nitrogens with zero attached hydrogens (tertiary/aromatic N) is 7. The third-order valence-corrected chi connectivity index (χ3v) is 17.0. The van der Waals surface area contributed by atoms with Gasteiger partial charge in [-0.2, -0.15) is 0 Å². The highest BCUT2D eigenvalue weighted by molar-refractivity contribution is 6.00. The molecule has 0 bridgehead atoms. The lowest BCUT2D eigenvalue weighted by Crippen LogP contribution is -2.64. The molecule has 1 fully saturated rings. The smallest absolute Gasteiger partial charge is 0.246 e. The molecule has 0 aromatic carbocycles. The van der Waals surface area contributed by atoms with Crippen LogP contribution >= 0.6 is 0 Å². The fourth-order valence-electron chi connectivity index (χ4n) is 11.5. The molecule has 24 heteroatoms. The zero-order chi connectivity index (χ0) is 68.3. The van der Waals surface area contributed by atoms with Crippen LogP contribution in [0.2, 0.25) is 0 Å². The number of nitrogens with one attached hydrogen (secondary N) is 4. The van der Waals surface area contributed by atoms with Crippen molar-refractivity contribution in [3.05, 3.63) is 12.2 Å². The highest BCUT2D eigenvalue weighted by Crippen LogP contribution is 2.26. The fraction of sp³-hybridized carbons (Fsp3) is 0.797. The Morgan fingerprint density at radius 3 is 1.33 bits per heavy atom. The van der Waals surface area contributed by atoms with Gasteiger partial charge < -0.3 is 65.4 Å². The van der Waals surface area contributed by atoms with Gasteiger partial charge in [-0.25, -0.2) is 0 Å². The highest BCUT2D eigenvalue weighted by Gasteiger charge is 2.46. The molecule has 0 aliphatic carbocycles. The van der Waals surface area contributed by atoms with Crippen molar-refractivity contribution < 1.29 is 62.6 Å². The van der Waals surface area contributed by atoms with Gasteiger partial charge in [0, 0.05) is 62.4 Å². The Bertz CT molecular complexity index is 2400. The molecule has 24 nitrogen and oxygen atoms in total. The Hall–Kier alpha value is -6.17. The normalized spacial score (nSPS) is 27.6. The molecule has 1 saturated heterocycles. The molecule has 5 N–H and O–H groups in total. The maximum atomic E-state index is 15.2. The molecule has 1 aliphatic heterocycles. The van der Waals surface area contributed by atoms with E-state index in [0.29, 0.717) is 6.42 Å². The minimum absolute atomic E-state index is 0.00299. The standard InChI is InChI=1S/C64H115N11O13/c1-26-29-30-40(14)53(76)52-57(80)67-44(27-2)59(82)69(18)45(28-3)60(83)74(23)51(41(15)34-88-25)56(79)68-49(38(10)11)63(86)70(19)46(31-35(4)5)55(78)65-42(16)54(77)66-43(17)58(81)71(20)47(32-36(6)7)61(84)72(21)48(33-37(8)9)62(85)73(22)50(39(12)13)64(87)75(52)24/h26,29,35-53,76H,27-28,30-34H2,1-25H3,(H,65,78)(H,66,77)(H,67,80)(H,68,79)/b29-26+/t40-,41-,42+,43-,44+,45-,46+,47+,48+,49+,50+,51+,52+,53-/m1/s1. The first-order valence-electron chi connectivity index (χ1n) is 31.6. The molecule has 1 aliphatic rings. The van der Waals surface area contributed by atoms with Crippen molar-refractivity contribution in [3.8, 4) is 0 Å². The Kier molecular flexibility index (Phi) is 33.1. The van der Waals surface area contributed by atoms with E-state index < -0.39 is 161 Å². The summed E-state index contributed by atoms with van der Waals surface area (Å²) in [6, 6.07) is -13.9. The van der Waals surface area contributed by atoms with Gasteiger partial charge in [0.15, 0.2) is 0 Å². The predicted octanol–water partition coefficient (Wildman–Crippen LogP) is 3.28. The van der Waals surface area contributed by atoms with Gasteiger partial charge in [-0.15, -0.1) is 0 Å². The number of carbonyl (C=O) groups excluding carboxylic acids is 11. The summed E-state index contributed by atoms with van der Waals surface area (Å²) in [6.07, 6.45) is 2.86. The molecule has 0 unspecified atom stereocenters. The van der Waals surface area contributed by atoms with Crippen LogP contribution < -0.4 is 21.3 Å². The molecule has 88 heavy (non-hydrogen) atoms. The number of allylic oxidation sites excluding steroid dienone is 2. The number of hydrogen-bond acceptors (Lipinski definition) is 13. The Morgan fingerprint density at radius 1 is 0.455 bits per heavy atom. The SMILES string of the molecule is C/C=C/C[C@@H](C)[C@@H](O)[C@H]1C(=O)N[C@@H](CC)C(=O)N(C)[C@H](CC)C(=O)N(C)[C@@H]([C@H](C)COC)C(=O)N[C@@H](C(C)C)C(=O)N(C)[C@@H](CC(C)C)C(=O)N[C@@H](C)C(=O)N[C@H](C)C(=O)N(C)[C@@H](CC(C)C)C(=O)N(C)[C@@H](CC(C)C)C(=O)N(C)[C@@H](C(C)C)C(=O)N1C. The van der Waals surface area contributed by atoms with Crippen LogP contribution in [0.1, 0.15) is 156 Å². The molecule has 1 heterocycles. The van der Waals surface area contributed by atoms with Crippen molar-refractivity contribution in [1.82, 2.24) is 55.6 Å². The first-order valence-corrected chi connectivity index (χ1v) is 31.6. The molecular formula is C64H115N11O13. The summed E-state index contributed by atoms with van der Waals surface area (Å²) in [6.45, 7) is 29.5. The topological polar surface area (TPSA) is 288 Å². The zero-order valence-corrected chi connectivity index (χ0v) is 58.1. The lowest BCUT2D eigenvalue weighted by Gasteiger charge is -2.41. The molecule has 1 rings (SSSR count). The van der Waals surface area contributed by atoms with Crippen LogP contribution in [-0.4, -0.2) is 240 Å². The van der Waals surface area contributed by atoms with E-state index in [1.165, 1.54) is 99.7 Å². The largest absolute Gasteiger partial charge is 0.390 e. The van der Waals surface area contributed by atoms with Crippen molar-refractivity contribution in [3.63, 3.8) is 0 Å². The summed E-state index contributed by atoms with van der Waals surface area (Å²) in [5.74, 6) is -10.5. The summed E-state index contributed by atoms with van der Waals surface area (Å²) in [5, 5.41) is 23.2. The molecule has 0 radical (unpaired) electrons. The summed E-state index contributed by atoms with van der Waals surface area (Å²) in [5.41, 5.74) is 0. The fourth-order valence-corrected chi connectivity index (χ4v) is 11.5. The van der Waals surface area contributed by atoms with E-state index in [1.54, 1.807) is 74.5 Å². The van der Waals surface area contributed by atoms with E-state index in [-0.39, 0.29) is 56.5 Å². The van der Waals surface area contributed by atoms with Gasteiger partial charge in [-0.1, -0.05) is 109 Å². The first kappa shape index (κ1) is 79.8. The Labute approximate surface area is 526 Å². The number of amides is 11. The molecular weight excluding hydrogens is 1130 g/mol. The molecule has 0 aromatic rings. The van der Waals surface area contributed by atoms with Crippen LogP contribution in [0.3, 0.4) is 0 Å². The molecule has 0 spiro atoms. The van der Waals surface area contributed by atoms with Crippen molar-refractivity contribution in [1.29, 1.82) is 0 Å². The monoisotopic (exact) mass is 1250 g/mol. The molecule has 11 amide bonds. The first-order chi connectivity index (χ1) is 40.7. The number of hydrogen-bond donors (Lipinski definition) is 5. The second kappa shape index (κ2) is 36.5. The second-order valence-electron chi connectivity index (χ2n) is 26.4. The number of likely N-dealkylation sites (N-methyl/N-ethyl adjacent to an activating group) is 7. The van der Waals surface area contributed by atoms with E-state index in [2.05, 4.69) is 21.3 Å². The van der Waals surface area contributed by atoms with Gasteiger partial charge in [-0.3, -0.25) is 52.7 Å². The van der Waals surface area contributed by atoms with Crippen LogP contribution in [0.15, 0.2) is 12.2 Å². The lowest BCUT2D eigenvalue weighted by molar-refractivity contribution is -0.157. The van der Waals surface area contributed by atoms with E-state index in [9.17, 15) is 48.3 Å². The molecule has 0 saturated carbocycles. The van der Waals surface area contributed by atoms with Crippen LogP contribution in [-0.2, 0) is 57.5 Å². The van der Waals surface area contributed by atoms with Crippen molar-refractivity contribution in [2.24, 2.45) is 41.4 Å². The minimum atomic E-state index is -1.63. The van der Waals surface area contributed by atoms with Crippen molar-refractivity contribution in [2.75, 3.05) is 63.1 Å². The average molecular weight is 1250 g/mol. The maximum absolute atomic E-state index is 15.2. The van der Waals surface area contributed by atoms with Crippen LogP contribution in [0.5, 0.6) is 0 Å². The minimum Gasteiger partial charge on any atom is -0.390 e. The van der Waals surface area contributed by atoms with E-state index in [4.69, 9.17) is 4.74 Å². The Morgan fingerprint density at radius 2 is 0.875 bits per heavy atom. The zero-order valence-electron chi connectivity index (χ0n) is 58.1. The summed E-state index contributed by atoms with van der Waals surface area (Å²) < 4.78 is 5.48. The number of ether oxygens (including phenoxy) is 1. The predicted molar refractivity (Wildman–Crippen MR) is 339 cm³/mol. The number of carbonyl (C=O) groups is 11. The van der Waals surface area contributed by atoms with Crippen LogP contribution in [0.4, 0.5) is 0 Å². The van der Waals surface area contributed by atoms with Gasteiger partial charge in [0.25, 0.3) is 0 Å². The molecule has 0 aromatic heterocycles. The lowest BCUT2D eigenvalue weighted by atomic mass is 9.91. The van der Waals surface area contributed by atoms with Crippen LogP contribution in [0.25, 0.3) is 0 Å². The van der Waals surface area contributed by atoms with Crippen molar-refractivity contribution >= 4 is 65.0 Å². The van der Waals surface area contributed by atoms with Gasteiger partial charge >= 0.3 is 0 Å². The summed E-state index contributed by atoms with van der Waals surface area (Å²) in [4.78, 5) is 171. The number of rotatable bonds is 17. The second-order valence-corrected chi connectivity index (χ2v) is 26.4. The van der Waals surface area contributed by atoms with E-state index in [0.717, 1.165) is 4.90 Å². The van der Waals surface area contributed by atoms with Crippen molar-refractivity contribution in [2.45, 2.75) is 229 Å².